The molecule has 0 radical (unpaired) electrons. The number of benzene rings is 1. The van der Waals surface area contributed by atoms with Crippen molar-refractivity contribution < 1.29 is 4.79 Å². The molecule has 0 aliphatic carbocycles. The molecule has 3 heterocycles. The number of H-pyrrole nitrogens is 1. The second kappa shape index (κ2) is 7.54. The maximum Gasteiger partial charge on any atom is 0.264 e. The standard InChI is InChI=1S/C20H21N7O3/c1-12(2)27(9-16-23-15-7-5-4-6-13(15)19(29)24-16)17(28)10-26-11-21-18-14(20(26)30)8-22-25(18)3/h4-8,11-12H,9-10H2,1-3H3,(H,23,24,29). The Morgan fingerprint density at radius 3 is 2.73 bits per heavy atom. The zero-order valence-corrected chi connectivity index (χ0v) is 16.9. The van der Waals surface area contributed by atoms with Gasteiger partial charge < -0.3 is 9.88 Å². The summed E-state index contributed by atoms with van der Waals surface area (Å²) in [4.78, 5) is 51.0. The average Bonchev–Trinajstić information content (AvgIpc) is 3.09. The van der Waals surface area contributed by atoms with Crippen LogP contribution in [0.1, 0.15) is 19.7 Å². The Labute approximate surface area is 170 Å². The number of carbonyl (C=O) groups is 1. The fourth-order valence-corrected chi connectivity index (χ4v) is 3.35. The maximum atomic E-state index is 13.0. The van der Waals surface area contributed by atoms with Crippen LogP contribution < -0.4 is 11.1 Å². The highest BCUT2D eigenvalue weighted by atomic mass is 16.2. The van der Waals surface area contributed by atoms with Gasteiger partial charge in [-0.3, -0.25) is 23.6 Å². The van der Waals surface area contributed by atoms with Gasteiger partial charge in [0, 0.05) is 13.1 Å². The first kappa shape index (κ1) is 19.5. The molecular formula is C20H21N7O3. The third-order valence-corrected chi connectivity index (χ3v) is 4.95. The quantitative estimate of drug-likeness (QED) is 0.523. The molecule has 0 saturated carbocycles. The summed E-state index contributed by atoms with van der Waals surface area (Å²) in [6.07, 6.45) is 2.79. The van der Waals surface area contributed by atoms with E-state index < -0.39 is 0 Å². The summed E-state index contributed by atoms with van der Waals surface area (Å²) in [7, 11) is 1.70. The predicted molar refractivity (Wildman–Crippen MR) is 111 cm³/mol. The maximum absolute atomic E-state index is 13.0. The molecule has 4 aromatic rings. The summed E-state index contributed by atoms with van der Waals surface area (Å²) < 4.78 is 2.77. The summed E-state index contributed by atoms with van der Waals surface area (Å²) in [6, 6.07) is 6.86. The molecule has 154 valence electrons. The van der Waals surface area contributed by atoms with Crippen LogP contribution in [-0.4, -0.2) is 46.1 Å². The lowest BCUT2D eigenvalue weighted by Gasteiger charge is -2.26. The number of hydrogen-bond donors (Lipinski definition) is 1. The van der Waals surface area contributed by atoms with Crippen molar-refractivity contribution in [2.75, 3.05) is 0 Å². The zero-order chi connectivity index (χ0) is 21.4. The molecule has 10 heteroatoms. The van der Waals surface area contributed by atoms with E-state index in [0.29, 0.717) is 27.8 Å². The van der Waals surface area contributed by atoms with Crippen molar-refractivity contribution in [3.05, 3.63) is 63.3 Å². The van der Waals surface area contributed by atoms with Crippen LogP contribution in [0.2, 0.25) is 0 Å². The molecule has 30 heavy (non-hydrogen) atoms. The number of nitrogens with zero attached hydrogens (tertiary/aromatic N) is 6. The van der Waals surface area contributed by atoms with Crippen LogP contribution in [-0.2, 0) is 24.9 Å². The number of aryl methyl sites for hydroxylation is 1. The smallest absolute Gasteiger partial charge is 0.264 e. The van der Waals surface area contributed by atoms with Crippen LogP contribution in [0, 0.1) is 0 Å². The second-order valence-electron chi connectivity index (χ2n) is 7.33. The van der Waals surface area contributed by atoms with E-state index in [1.54, 1.807) is 36.2 Å². The van der Waals surface area contributed by atoms with Crippen molar-refractivity contribution in [1.29, 1.82) is 0 Å². The van der Waals surface area contributed by atoms with Crippen LogP contribution >= 0.6 is 0 Å². The van der Waals surface area contributed by atoms with E-state index in [9.17, 15) is 14.4 Å². The topological polar surface area (TPSA) is 119 Å². The minimum Gasteiger partial charge on any atom is -0.331 e. The normalized spacial score (nSPS) is 11.5. The molecule has 1 amide bonds. The Morgan fingerprint density at radius 2 is 1.97 bits per heavy atom. The third kappa shape index (κ3) is 3.47. The number of aromatic nitrogens is 6. The lowest BCUT2D eigenvalue weighted by molar-refractivity contribution is -0.134. The van der Waals surface area contributed by atoms with E-state index in [4.69, 9.17) is 0 Å². The van der Waals surface area contributed by atoms with Gasteiger partial charge in [-0.25, -0.2) is 9.97 Å². The second-order valence-corrected chi connectivity index (χ2v) is 7.33. The Kier molecular flexibility index (Phi) is 4.90. The van der Waals surface area contributed by atoms with E-state index in [0.717, 1.165) is 0 Å². The van der Waals surface area contributed by atoms with Gasteiger partial charge in [0.1, 0.15) is 24.1 Å². The van der Waals surface area contributed by atoms with Gasteiger partial charge in [0.05, 0.1) is 23.6 Å². The lowest BCUT2D eigenvalue weighted by Crippen LogP contribution is -2.41. The molecule has 1 aromatic carbocycles. The van der Waals surface area contributed by atoms with Gasteiger partial charge in [-0.05, 0) is 26.0 Å². The molecule has 0 aliphatic heterocycles. The van der Waals surface area contributed by atoms with Gasteiger partial charge in [0.25, 0.3) is 11.1 Å². The molecule has 0 aliphatic rings. The number of carbonyl (C=O) groups excluding carboxylic acids is 1. The van der Waals surface area contributed by atoms with Gasteiger partial charge in [0.2, 0.25) is 5.91 Å². The Balaban J connectivity index is 1.62. The highest BCUT2D eigenvalue weighted by Gasteiger charge is 2.20. The van der Waals surface area contributed by atoms with E-state index in [-0.39, 0.29) is 36.2 Å². The monoisotopic (exact) mass is 407 g/mol. The number of fused-ring (bicyclic) bond motifs is 2. The van der Waals surface area contributed by atoms with Crippen molar-refractivity contribution in [2.24, 2.45) is 7.05 Å². The number of nitrogens with one attached hydrogen (secondary N) is 1. The molecule has 0 bridgehead atoms. The molecular weight excluding hydrogens is 386 g/mol. The first-order valence-corrected chi connectivity index (χ1v) is 9.49. The molecule has 0 atom stereocenters. The highest BCUT2D eigenvalue weighted by Crippen LogP contribution is 2.10. The Hall–Kier alpha value is -3.82. The van der Waals surface area contributed by atoms with Gasteiger partial charge in [0.15, 0.2) is 5.65 Å². The number of hydrogen-bond acceptors (Lipinski definition) is 6. The SMILES string of the molecule is CC(C)N(Cc1nc2ccccc2c(=O)[nH]1)C(=O)Cn1cnc2c(cnn2C)c1=O. The van der Waals surface area contributed by atoms with Crippen LogP contribution in [0.25, 0.3) is 21.9 Å². The number of rotatable bonds is 5. The summed E-state index contributed by atoms with van der Waals surface area (Å²) in [6.45, 7) is 3.67. The fourth-order valence-electron chi connectivity index (χ4n) is 3.35. The van der Waals surface area contributed by atoms with Crippen molar-refractivity contribution >= 4 is 27.8 Å². The molecule has 3 aromatic heterocycles. The molecule has 0 spiro atoms. The predicted octanol–water partition coefficient (Wildman–Crippen LogP) is 0.804. The van der Waals surface area contributed by atoms with Crippen LogP contribution in [0.4, 0.5) is 0 Å². The van der Waals surface area contributed by atoms with Gasteiger partial charge in [-0.1, -0.05) is 12.1 Å². The summed E-state index contributed by atoms with van der Waals surface area (Å²) in [5.74, 6) is 0.0990. The van der Waals surface area contributed by atoms with Crippen LogP contribution in [0.5, 0.6) is 0 Å². The summed E-state index contributed by atoms with van der Waals surface area (Å²) in [5, 5.41) is 4.88. The van der Waals surface area contributed by atoms with Gasteiger partial charge in [-0.15, -0.1) is 0 Å². The first-order chi connectivity index (χ1) is 14.3. The fraction of sp³-hybridized carbons (Fsp3) is 0.300. The van der Waals surface area contributed by atoms with Crippen molar-refractivity contribution in [3.63, 3.8) is 0 Å². The van der Waals surface area contributed by atoms with Crippen molar-refractivity contribution in [3.8, 4) is 0 Å². The van der Waals surface area contributed by atoms with Crippen LogP contribution in [0.3, 0.4) is 0 Å². The van der Waals surface area contributed by atoms with E-state index >= 15 is 0 Å². The minimum absolute atomic E-state index is 0.119. The van der Waals surface area contributed by atoms with Gasteiger partial charge >= 0.3 is 0 Å². The number of amides is 1. The van der Waals surface area contributed by atoms with Gasteiger partial charge in [-0.2, -0.15) is 5.10 Å². The zero-order valence-electron chi connectivity index (χ0n) is 16.9. The third-order valence-electron chi connectivity index (χ3n) is 4.95. The summed E-state index contributed by atoms with van der Waals surface area (Å²) in [5.41, 5.74) is 0.439. The summed E-state index contributed by atoms with van der Waals surface area (Å²) >= 11 is 0. The van der Waals surface area contributed by atoms with E-state index in [1.807, 2.05) is 13.8 Å². The van der Waals surface area contributed by atoms with Crippen molar-refractivity contribution in [1.82, 2.24) is 34.2 Å². The molecule has 0 fully saturated rings. The minimum atomic E-state index is -0.331. The molecule has 10 nitrogen and oxygen atoms in total. The largest absolute Gasteiger partial charge is 0.331 e. The number of aromatic amines is 1. The average molecular weight is 407 g/mol. The van der Waals surface area contributed by atoms with E-state index in [2.05, 4.69) is 20.1 Å². The number of para-hydroxylation sites is 1. The van der Waals surface area contributed by atoms with Crippen molar-refractivity contribution in [2.45, 2.75) is 33.0 Å². The Bertz CT molecular complexity index is 1370. The molecule has 4 rings (SSSR count). The molecule has 1 N–H and O–H groups in total. The molecule has 0 unspecified atom stereocenters. The van der Waals surface area contributed by atoms with E-state index in [1.165, 1.54) is 21.8 Å². The highest BCUT2D eigenvalue weighted by molar-refractivity contribution is 5.78. The molecule has 0 saturated heterocycles. The first-order valence-electron chi connectivity index (χ1n) is 9.49. The van der Waals surface area contributed by atoms with Crippen LogP contribution in [0.15, 0.2) is 46.4 Å². The Morgan fingerprint density at radius 1 is 1.20 bits per heavy atom. The lowest BCUT2D eigenvalue weighted by atomic mass is 10.2.